The van der Waals surface area contributed by atoms with Gasteiger partial charge in [0.2, 0.25) is 0 Å². The second-order valence-corrected chi connectivity index (χ2v) is 4.14. The van der Waals surface area contributed by atoms with Gasteiger partial charge in [0.15, 0.2) is 11.5 Å². The molecule has 1 rings (SSSR count). The Morgan fingerprint density at radius 2 is 1.78 bits per heavy atom. The summed E-state index contributed by atoms with van der Waals surface area (Å²) in [5.41, 5.74) is 0.628. The molecular weight excluding hydrogens is 233 g/mol. The molecule has 18 heavy (non-hydrogen) atoms. The summed E-state index contributed by atoms with van der Waals surface area (Å²) in [7, 11) is 3.06. The molecule has 0 aromatic heterocycles. The normalized spacial score (nSPS) is 12.3. The van der Waals surface area contributed by atoms with Crippen LogP contribution in [0.1, 0.15) is 38.3 Å². The Balaban J connectivity index is 3.06. The van der Waals surface area contributed by atoms with Crippen LogP contribution in [0.15, 0.2) is 12.1 Å². The SMILES string of the molecule is CCCNC(CC)c1cc(OC)c(OC)cc1F. The van der Waals surface area contributed by atoms with E-state index in [1.807, 2.05) is 6.92 Å². The van der Waals surface area contributed by atoms with E-state index in [1.54, 1.807) is 13.2 Å². The van der Waals surface area contributed by atoms with Crippen LogP contribution in [0.5, 0.6) is 11.5 Å². The van der Waals surface area contributed by atoms with Gasteiger partial charge in [0.05, 0.1) is 14.2 Å². The average Bonchev–Trinajstić information content (AvgIpc) is 2.40. The molecule has 0 radical (unpaired) electrons. The molecular formula is C14H22FNO2. The van der Waals surface area contributed by atoms with Crippen molar-refractivity contribution in [2.45, 2.75) is 32.7 Å². The van der Waals surface area contributed by atoms with Gasteiger partial charge < -0.3 is 14.8 Å². The Morgan fingerprint density at radius 1 is 1.17 bits per heavy atom. The fraction of sp³-hybridized carbons (Fsp3) is 0.571. The first-order valence-electron chi connectivity index (χ1n) is 6.32. The lowest BCUT2D eigenvalue weighted by atomic mass is 10.0. The molecule has 0 aliphatic carbocycles. The first-order valence-corrected chi connectivity index (χ1v) is 6.32. The summed E-state index contributed by atoms with van der Waals surface area (Å²) in [5, 5.41) is 3.33. The van der Waals surface area contributed by atoms with Gasteiger partial charge in [-0.05, 0) is 25.5 Å². The highest BCUT2D eigenvalue weighted by molar-refractivity contribution is 5.44. The molecule has 1 N–H and O–H groups in total. The van der Waals surface area contributed by atoms with E-state index in [2.05, 4.69) is 12.2 Å². The van der Waals surface area contributed by atoms with Crippen LogP contribution >= 0.6 is 0 Å². The molecule has 1 aromatic carbocycles. The standard InChI is InChI=1S/C14H22FNO2/c1-5-7-16-12(6-2)10-8-13(17-3)14(18-4)9-11(10)15/h8-9,12,16H,5-7H2,1-4H3. The topological polar surface area (TPSA) is 30.5 Å². The van der Waals surface area contributed by atoms with Crippen molar-refractivity contribution >= 4 is 0 Å². The van der Waals surface area contributed by atoms with Gasteiger partial charge in [-0.2, -0.15) is 0 Å². The van der Waals surface area contributed by atoms with Crippen molar-refractivity contribution in [3.63, 3.8) is 0 Å². The van der Waals surface area contributed by atoms with Crippen LogP contribution in [-0.4, -0.2) is 20.8 Å². The summed E-state index contributed by atoms with van der Waals surface area (Å²) in [4.78, 5) is 0. The van der Waals surface area contributed by atoms with E-state index in [-0.39, 0.29) is 11.9 Å². The minimum absolute atomic E-state index is 0.00440. The average molecular weight is 255 g/mol. The van der Waals surface area contributed by atoms with E-state index in [0.29, 0.717) is 17.1 Å². The third kappa shape index (κ3) is 3.35. The molecule has 102 valence electrons. The second-order valence-electron chi connectivity index (χ2n) is 4.14. The van der Waals surface area contributed by atoms with E-state index >= 15 is 0 Å². The molecule has 0 aliphatic rings. The number of hydrogen-bond acceptors (Lipinski definition) is 3. The van der Waals surface area contributed by atoms with Crippen LogP contribution < -0.4 is 14.8 Å². The number of rotatable bonds is 7. The smallest absolute Gasteiger partial charge is 0.163 e. The molecule has 1 unspecified atom stereocenters. The van der Waals surface area contributed by atoms with E-state index < -0.39 is 0 Å². The highest BCUT2D eigenvalue weighted by Crippen LogP contribution is 2.33. The molecule has 0 spiro atoms. The van der Waals surface area contributed by atoms with Gasteiger partial charge in [-0.25, -0.2) is 4.39 Å². The lowest BCUT2D eigenvalue weighted by Crippen LogP contribution is -2.22. The Bertz CT molecular complexity index is 382. The van der Waals surface area contributed by atoms with Crippen molar-refractivity contribution in [1.82, 2.24) is 5.32 Å². The van der Waals surface area contributed by atoms with Crippen molar-refractivity contribution in [2.75, 3.05) is 20.8 Å². The van der Waals surface area contributed by atoms with Crippen molar-refractivity contribution in [3.8, 4) is 11.5 Å². The van der Waals surface area contributed by atoms with Gasteiger partial charge in [0.25, 0.3) is 0 Å². The molecule has 3 nitrogen and oxygen atoms in total. The first kappa shape index (κ1) is 14.8. The van der Waals surface area contributed by atoms with Gasteiger partial charge in [0.1, 0.15) is 5.82 Å². The van der Waals surface area contributed by atoms with Crippen LogP contribution in [0.3, 0.4) is 0 Å². The highest BCUT2D eigenvalue weighted by atomic mass is 19.1. The maximum Gasteiger partial charge on any atom is 0.163 e. The number of benzene rings is 1. The molecule has 0 saturated heterocycles. The molecule has 0 amide bonds. The number of nitrogens with one attached hydrogen (secondary N) is 1. The van der Waals surface area contributed by atoms with Crippen molar-refractivity contribution in [2.24, 2.45) is 0 Å². The quantitative estimate of drug-likeness (QED) is 0.811. The Hall–Kier alpha value is -1.29. The maximum atomic E-state index is 14.0. The Labute approximate surface area is 108 Å². The predicted molar refractivity (Wildman–Crippen MR) is 70.8 cm³/mol. The van der Waals surface area contributed by atoms with Crippen molar-refractivity contribution < 1.29 is 13.9 Å². The van der Waals surface area contributed by atoms with Crippen LogP contribution in [0.2, 0.25) is 0 Å². The predicted octanol–water partition coefficient (Wildman–Crippen LogP) is 3.29. The number of ether oxygens (including phenoxy) is 2. The molecule has 0 fully saturated rings. The minimum Gasteiger partial charge on any atom is -0.493 e. The zero-order chi connectivity index (χ0) is 13.5. The number of hydrogen-bond donors (Lipinski definition) is 1. The molecule has 0 bridgehead atoms. The van der Waals surface area contributed by atoms with Crippen LogP contribution in [0.25, 0.3) is 0 Å². The fourth-order valence-corrected chi connectivity index (χ4v) is 1.93. The Morgan fingerprint density at radius 3 is 2.28 bits per heavy atom. The molecule has 4 heteroatoms. The summed E-state index contributed by atoms with van der Waals surface area (Å²) < 4.78 is 24.3. The largest absolute Gasteiger partial charge is 0.493 e. The molecule has 1 aromatic rings. The van der Waals surface area contributed by atoms with Gasteiger partial charge in [-0.15, -0.1) is 0 Å². The lowest BCUT2D eigenvalue weighted by molar-refractivity contribution is 0.350. The third-order valence-corrected chi connectivity index (χ3v) is 2.93. The van der Waals surface area contributed by atoms with Crippen molar-refractivity contribution in [3.05, 3.63) is 23.5 Å². The number of methoxy groups -OCH3 is 2. The van der Waals surface area contributed by atoms with E-state index in [1.165, 1.54) is 13.2 Å². The fourth-order valence-electron chi connectivity index (χ4n) is 1.93. The maximum absolute atomic E-state index is 14.0. The van der Waals surface area contributed by atoms with Crippen molar-refractivity contribution in [1.29, 1.82) is 0 Å². The monoisotopic (exact) mass is 255 g/mol. The van der Waals surface area contributed by atoms with Gasteiger partial charge in [0, 0.05) is 17.7 Å². The summed E-state index contributed by atoms with van der Waals surface area (Å²) in [6.45, 7) is 4.99. The van der Waals surface area contributed by atoms with E-state index in [4.69, 9.17) is 9.47 Å². The second kappa shape index (κ2) is 7.21. The van der Waals surface area contributed by atoms with Gasteiger partial charge in [-0.1, -0.05) is 13.8 Å². The van der Waals surface area contributed by atoms with E-state index in [9.17, 15) is 4.39 Å². The summed E-state index contributed by atoms with van der Waals surface area (Å²) >= 11 is 0. The molecule has 0 aliphatic heterocycles. The van der Waals surface area contributed by atoms with Gasteiger partial charge >= 0.3 is 0 Å². The molecule has 0 saturated carbocycles. The zero-order valence-electron chi connectivity index (χ0n) is 11.5. The number of halogens is 1. The zero-order valence-corrected chi connectivity index (χ0v) is 11.5. The first-order chi connectivity index (χ1) is 8.67. The molecule has 1 atom stereocenters. The van der Waals surface area contributed by atoms with E-state index in [0.717, 1.165) is 19.4 Å². The third-order valence-electron chi connectivity index (χ3n) is 2.93. The summed E-state index contributed by atoms with van der Waals surface area (Å²) in [6, 6.07) is 3.10. The van der Waals surface area contributed by atoms with Gasteiger partial charge in [-0.3, -0.25) is 0 Å². The Kier molecular flexibility index (Phi) is 5.92. The molecule has 0 heterocycles. The minimum atomic E-state index is -0.261. The summed E-state index contributed by atoms with van der Waals surface area (Å²) in [6.07, 6.45) is 1.85. The summed E-state index contributed by atoms with van der Waals surface area (Å²) in [5.74, 6) is 0.720. The van der Waals surface area contributed by atoms with Crippen LogP contribution in [0, 0.1) is 5.82 Å². The van der Waals surface area contributed by atoms with Crippen LogP contribution in [-0.2, 0) is 0 Å². The highest BCUT2D eigenvalue weighted by Gasteiger charge is 2.17. The van der Waals surface area contributed by atoms with Crippen LogP contribution in [0.4, 0.5) is 4.39 Å². The lowest BCUT2D eigenvalue weighted by Gasteiger charge is -2.19.